The predicted octanol–water partition coefficient (Wildman–Crippen LogP) is 8.24. The third-order valence-electron chi connectivity index (χ3n) is 8.28. The number of hydrogen-bond donors (Lipinski definition) is 2. The first-order valence-corrected chi connectivity index (χ1v) is 15.4. The summed E-state index contributed by atoms with van der Waals surface area (Å²) in [4.78, 5) is 25.4. The number of benzene rings is 3. The lowest BCUT2D eigenvalue weighted by Gasteiger charge is -2.33. The van der Waals surface area contributed by atoms with E-state index in [2.05, 4.69) is 27.2 Å². The quantitative estimate of drug-likeness (QED) is 0.192. The number of likely N-dealkylation sites (tertiary alicyclic amines) is 1. The molecular formula is C35H39ClFN5O3. The molecule has 2 atom stereocenters. The summed E-state index contributed by atoms with van der Waals surface area (Å²) < 4.78 is 20.9. The molecule has 0 bridgehead atoms. The summed E-state index contributed by atoms with van der Waals surface area (Å²) in [7, 11) is 2.09. The average Bonchev–Trinajstić information content (AvgIpc) is 2.97. The minimum atomic E-state index is -1.19. The fourth-order valence-electron chi connectivity index (χ4n) is 6.28. The van der Waals surface area contributed by atoms with E-state index in [9.17, 15) is 9.90 Å². The van der Waals surface area contributed by atoms with E-state index >= 15 is 4.39 Å². The Morgan fingerprint density at radius 3 is 2.56 bits per heavy atom. The number of aromatic nitrogens is 2. The Kier molecular flexibility index (Phi) is 9.90. The molecule has 1 aliphatic heterocycles. The topological polar surface area (TPSA) is 90.8 Å². The van der Waals surface area contributed by atoms with Crippen molar-refractivity contribution < 1.29 is 19.0 Å². The molecule has 1 aromatic heterocycles. The van der Waals surface area contributed by atoms with Crippen LogP contribution in [0.1, 0.15) is 52.3 Å². The zero-order chi connectivity index (χ0) is 32.2. The Morgan fingerprint density at radius 2 is 1.87 bits per heavy atom. The molecule has 0 aliphatic carbocycles. The number of nitrogens with zero attached hydrogens (tertiary/aromatic N) is 4. The van der Waals surface area contributed by atoms with Gasteiger partial charge in [0.2, 0.25) is 5.95 Å². The van der Waals surface area contributed by atoms with Gasteiger partial charge in [-0.15, -0.1) is 0 Å². The number of halogens is 2. The van der Waals surface area contributed by atoms with Crippen LogP contribution in [0, 0.1) is 39.4 Å². The maximum absolute atomic E-state index is 15.0. The molecule has 236 valence electrons. The molecule has 0 radical (unpaired) electrons. The number of piperidine rings is 1. The molecule has 0 spiro atoms. The number of carboxylic acid groups (broad SMARTS) is 1. The molecule has 1 amide bonds. The molecule has 2 unspecified atom stereocenters. The molecule has 1 fully saturated rings. The van der Waals surface area contributed by atoms with Gasteiger partial charge >= 0.3 is 6.09 Å². The lowest BCUT2D eigenvalue weighted by molar-refractivity contribution is 0.147. The van der Waals surface area contributed by atoms with Crippen LogP contribution >= 0.6 is 11.6 Å². The zero-order valence-corrected chi connectivity index (χ0v) is 27.0. The normalized spacial score (nSPS) is 15.8. The molecule has 4 aromatic rings. The van der Waals surface area contributed by atoms with E-state index in [0.717, 1.165) is 59.3 Å². The van der Waals surface area contributed by atoms with Crippen molar-refractivity contribution in [3.63, 3.8) is 0 Å². The van der Waals surface area contributed by atoms with Gasteiger partial charge in [-0.25, -0.2) is 19.1 Å². The van der Waals surface area contributed by atoms with Crippen molar-refractivity contribution in [1.82, 2.24) is 14.9 Å². The molecule has 3 aromatic carbocycles. The van der Waals surface area contributed by atoms with Gasteiger partial charge in [0.1, 0.15) is 5.82 Å². The second-order valence-electron chi connectivity index (χ2n) is 12.0. The minimum absolute atomic E-state index is 0.121. The van der Waals surface area contributed by atoms with E-state index in [1.54, 1.807) is 30.3 Å². The number of amides is 1. The molecule has 5 rings (SSSR count). The second-order valence-corrected chi connectivity index (χ2v) is 12.4. The fraction of sp³-hybridized carbons (Fsp3) is 0.343. The van der Waals surface area contributed by atoms with Crippen molar-refractivity contribution in [3.05, 3.63) is 105 Å². The van der Waals surface area contributed by atoms with Gasteiger partial charge in [0.25, 0.3) is 0 Å². The highest BCUT2D eigenvalue weighted by Gasteiger charge is 2.33. The third kappa shape index (κ3) is 7.54. The standard InChI is InChI=1S/C35H39ClFN5O3/c1-21-15-23(3)32(24(4)16-21)33(28-17-26(36)9-8-22(28)2)42(35(43)44)31-12-13-38-34(40-31)39-27-10-11-30(29(37)18-27)45-20-25-7-6-14-41(5)19-25/h8-13,15-18,25,33H,6-7,14,19-20H2,1-5H3,(H,43,44)(H,38,39,40). The summed E-state index contributed by atoms with van der Waals surface area (Å²) in [6.07, 6.45) is 2.46. The zero-order valence-electron chi connectivity index (χ0n) is 26.3. The number of ether oxygens (including phenoxy) is 1. The van der Waals surface area contributed by atoms with Gasteiger partial charge in [-0.05, 0) is 112 Å². The van der Waals surface area contributed by atoms with Crippen LogP contribution < -0.4 is 15.0 Å². The highest BCUT2D eigenvalue weighted by Crippen LogP contribution is 2.39. The Balaban J connectivity index is 1.45. The Bertz CT molecular complexity index is 1680. The molecule has 1 saturated heterocycles. The van der Waals surface area contributed by atoms with Gasteiger partial charge in [-0.3, -0.25) is 0 Å². The number of carbonyl (C=O) groups is 1. The van der Waals surface area contributed by atoms with Crippen molar-refractivity contribution >= 4 is 35.1 Å². The third-order valence-corrected chi connectivity index (χ3v) is 8.52. The summed E-state index contributed by atoms with van der Waals surface area (Å²) in [6, 6.07) is 14.9. The van der Waals surface area contributed by atoms with E-state index in [4.69, 9.17) is 16.3 Å². The van der Waals surface area contributed by atoms with Gasteiger partial charge in [-0.1, -0.05) is 35.4 Å². The maximum atomic E-state index is 15.0. The average molecular weight is 632 g/mol. The summed E-state index contributed by atoms with van der Waals surface area (Å²) in [5, 5.41) is 14.2. The first kappa shape index (κ1) is 32.2. The number of aryl methyl sites for hydroxylation is 4. The molecule has 0 saturated carbocycles. The number of anilines is 3. The fourth-order valence-corrected chi connectivity index (χ4v) is 6.46. The number of nitrogens with one attached hydrogen (secondary N) is 1. The first-order valence-electron chi connectivity index (χ1n) is 15.1. The van der Waals surface area contributed by atoms with Gasteiger partial charge in [0.15, 0.2) is 11.6 Å². The Labute approximate surface area is 268 Å². The van der Waals surface area contributed by atoms with Crippen LogP contribution in [0.15, 0.2) is 60.8 Å². The molecule has 8 nitrogen and oxygen atoms in total. The first-order chi connectivity index (χ1) is 21.5. The lowest BCUT2D eigenvalue weighted by Crippen LogP contribution is -2.36. The maximum Gasteiger partial charge on any atom is 0.413 e. The van der Waals surface area contributed by atoms with Gasteiger partial charge in [0.05, 0.1) is 12.6 Å². The van der Waals surface area contributed by atoms with Crippen LogP contribution in [0.3, 0.4) is 0 Å². The summed E-state index contributed by atoms with van der Waals surface area (Å²) in [5.41, 5.74) is 5.85. The van der Waals surface area contributed by atoms with Crippen LogP contribution in [-0.4, -0.2) is 52.8 Å². The van der Waals surface area contributed by atoms with E-state index in [1.807, 2.05) is 45.9 Å². The van der Waals surface area contributed by atoms with E-state index in [1.165, 1.54) is 17.2 Å². The van der Waals surface area contributed by atoms with Gasteiger partial charge in [0, 0.05) is 35.4 Å². The highest BCUT2D eigenvalue weighted by atomic mass is 35.5. The van der Waals surface area contributed by atoms with Gasteiger partial charge < -0.3 is 20.1 Å². The van der Waals surface area contributed by atoms with Crippen molar-refractivity contribution in [3.8, 4) is 5.75 Å². The predicted molar refractivity (Wildman–Crippen MR) is 177 cm³/mol. The smallest absolute Gasteiger partial charge is 0.413 e. The van der Waals surface area contributed by atoms with Crippen LogP contribution in [0.2, 0.25) is 5.02 Å². The lowest BCUT2D eigenvalue weighted by atomic mass is 9.87. The van der Waals surface area contributed by atoms with Crippen LogP contribution in [0.5, 0.6) is 5.75 Å². The second kappa shape index (κ2) is 13.8. The van der Waals surface area contributed by atoms with Crippen molar-refractivity contribution in [2.75, 3.05) is 37.0 Å². The summed E-state index contributed by atoms with van der Waals surface area (Å²) in [5.74, 6) is 0.317. The molecule has 2 heterocycles. The number of rotatable bonds is 9. The van der Waals surface area contributed by atoms with Crippen molar-refractivity contribution in [2.24, 2.45) is 5.92 Å². The van der Waals surface area contributed by atoms with E-state index in [0.29, 0.717) is 23.2 Å². The Hall–Kier alpha value is -4.21. The Morgan fingerprint density at radius 1 is 1.11 bits per heavy atom. The van der Waals surface area contributed by atoms with Crippen molar-refractivity contribution in [2.45, 2.75) is 46.6 Å². The molecule has 45 heavy (non-hydrogen) atoms. The van der Waals surface area contributed by atoms with Crippen LogP contribution in [-0.2, 0) is 0 Å². The van der Waals surface area contributed by atoms with Gasteiger partial charge in [-0.2, -0.15) is 4.98 Å². The SMILES string of the molecule is Cc1cc(C)c(C(c2cc(Cl)ccc2C)N(C(=O)O)c2ccnc(Nc3ccc(OCC4CCCN(C)C4)c(F)c3)n2)c(C)c1. The summed E-state index contributed by atoms with van der Waals surface area (Å²) >= 11 is 6.44. The van der Waals surface area contributed by atoms with Crippen molar-refractivity contribution in [1.29, 1.82) is 0 Å². The molecule has 2 N–H and O–H groups in total. The van der Waals surface area contributed by atoms with E-state index < -0.39 is 18.0 Å². The van der Waals surface area contributed by atoms with Crippen LogP contribution in [0.4, 0.5) is 26.6 Å². The molecule has 10 heteroatoms. The monoisotopic (exact) mass is 631 g/mol. The minimum Gasteiger partial charge on any atom is -0.490 e. The summed E-state index contributed by atoms with van der Waals surface area (Å²) in [6.45, 7) is 10.4. The largest absolute Gasteiger partial charge is 0.490 e. The molecular weight excluding hydrogens is 593 g/mol. The number of hydrogen-bond acceptors (Lipinski definition) is 6. The van der Waals surface area contributed by atoms with E-state index in [-0.39, 0.29) is 17.5 Å². The highest BCUT2D eigenvalue weighted by molar-refractivity contribution is 6.30. The van der Waals surface area contributed by atoms with Crippen LogP contribution in [0.25, 0.3) is 0 Å². The molecule has 1 aliphatic rings.